The zero-order valence-electron chi connectivity index (χ0n) is 8.08. The van der Waals surface area contributed by atoms with Crippen LogP contribution in [0.25, 0.3) is 10.1 Å². The van der Waals surface area contributed by atoms with E-state index in [9.17, 15) is 4.79 Å². The first-order valence-corrected chi connectivity index (χ1v) is 6.38. The monoisotopic (exact) mass is 284 g/mol. The first kappa shape index (κ1) is 10.6. The molecule has 0 aliphatic heterocycles. The number of hydrogen-bond donors (Lipinski definition) is 1. The summed E-state index contributed by atoms with van der Waals surface area (Å²) in [6.07, 6.45) is 0. The van der Waals surface area contributed by atoms with Crippen LogP contribution >= 0.6 is 27.3 Å². The molecule has 0 fully saturated rings. The number of fused-ring (bicyclic) bond motifs is 1. The predicted octanol–water partition coefficient (Wildman–Crippen LogP) is 3.80. The summed E-state index contributed by atoms with van der Waals surface area (Å²) in [5.41, 5.74) is 2.03. The van der Waals surface area contributed by atoms with E-state index in [1.165, 1.54) is 16.9 Å². The summed E-state index contributed by atoms with van der Waals surface area (Å²) >= 11 is 4.73. The second-order valence-electron chi connectivity index (χ2n) is 3.33. The van der Waals surface area contributed by atoms with Gasteiger partial charge in [-0.1, -0.05) is 22.0 Å². The number of aromatic carboxylic acids is 1. The molecule has 0 bridgehead atoms. The lowest BCUT2D eigenvalue weighted by molar-refractivity contribution is 0.0701. The number of rotatable bonds is 2. The Labute approximate surface area is 99.7 Å². The van der Waals surface area contributed by atoms with Crippen LogP contribution in [-0.4, -0.2) is 11.1 Å². The molecule has 0 spiro atoms. The number of carboxylic acids is 1. The van der Waals surface area contributed by atoms with Crippen LogP contribution in [0, 0.1) is 6.92 Å². The third-order valence-corrected chi connectivity index (χ3v) is 4.26. The Morgan fingerprint density at radius 3 is 2.87 bits per heavy atom. The highest BCUT2D eigenvalue weighted by atomic mass is 79.9. The van der Waals surface area contributed by atoms with Gasteiger partial charge < -0.3 is 5.11 Å². The van der Waals surface area contributed by atoms with Crippen molar-refractivity contribution in [1.29, 1.82) is 0 Å². The molecule has 15 heavy (non-hydrogen) atoms. The molecule has 0 aliphatic carbocycles. The standard InChI is InChI=1S/C11H9BrO2S/c1-6-8-4-7(5-12)2-3-9(8)15-10(6)11(13)14/h2-4H,5H2,1H3,(H,13,14). The summed E-state index contributed by atoms with van der Waals surface area (Å²) in [4.78, 5) is 11.4. The fourth-order valence-electron chi connectivity index (χ4n) is 1.56. The zero-order valence-corrected chi connectivity index (χ0v) is 10.5. The summed E-state index contributed by atoms with van der Waals surface area (Å²) < 4.78 is 1.04. The Hall–Kier alpha value is -0.870. The molecule has 1 N–H and O–H groups in total. The molecule has 1 aromatic heterocycles. The van der Waals surface area contributed by atoms with Gasteiger partial charge in [0.2, 0.25) is 0 Å². The molecule has 78 valence electrons. The van der Waals surface area contributed by atoms with E-state index in [4.69, 9.17) is 5.11 Å². The fourth-order valence-corrected chi connectivity index (χ4v) is 2.93. The lowest BCUT2D eigenvalue weighted by Gasteiger charge is -1.96. The van der Waals surface area contributed by atoms with Crippen LogP contribution in [0.1, 0.15) is 20.8 Å². The van der Waals surface area contributed by atoms with E-state index in [-0.39, 0.29) is 0 Å². The van der Waals surface area contributed by atoms with Gasteiger partial charge in [-0.3, -0.25) is 0 Å². The molecule has 2 rings (SSSR count). The van der Waals surface area contributed by atoms with Crippen LogP contribution in [0.4, 0.5) is 0 Å². The average Bonchev–Trinajstić information content (AvgIpc) is 2.56. The topological polar surface area (TPSA) is 37.3 Å². The van der Waals surface area contributed by atoms with Gasteiger partial charge in [0.15, 0.2) is 0 Å². The van der Waals surface area contributed by atoms with Crippen molar-refractivity contribution in [3.8, 4) is 0 Å². The molecule has 0 radical (unpaired) electrons. The fraction of sp³-hybridized carbons (Fsp3) is 0.182. The molecule has 1 heterocycles. The molecular weight excluding hydrogens is 276 g/mol. The third-order valence-electron chi connectivity index (χ3n) is 2.35. The summed E-state index contributed by atoms with van der Waals surface area (Å²) in [5.74, 6) is -0.839. The number of halogens is 1. The highest BCUT2D eigenvalue weighted by molar-refractivity contribution is 9.08. The van der Waals surface area contributed by atoms with Crippen LogP contribution in [0.3, 0.4) is 0 Å². The number of aryl methyl sites for hydroxylation is 1. The van der Waals surface area contributed by atoms with Crippen molar-refractivity contribution in [2.24, 2.45) is 0 Å². The number of benzene rings is 1. The minimum atomic E-state index is -0.839. The van der Waals surface area contributed by atoms with Crippen molar-refractivity contribution in [3.05, 3.63) is 34.2 Å². The Balaban J connectivity index is 2.72. The zero-order chi connectivity index (χ0) is 11.0. The molecule has 4 heteroatoms. The number of alkyl halides is 1. The molecule has 0 saturated heterocycles. The van der Waals surface area contributed by atoms with E-state index in [1.807, 2.05) is 25.1 Å². The van der Waals surface area contributed by atoms with E-state index in [1.54, 1.807) is 0 Å². The lowest BCUT2D eigenvalue weighted by atomic mass is 10.1. The van der Waals surface area contributed by atoms with E-state index >= 15 is 0 Å². The van der Waals surface area contributed by atoms with Crippen molar-refractivity contribution in [3.63, 3.8) is 0 Å². The summed E-state index contributed by atoms with van der Waals surface area (Å²) in [6.45, 7) is 1.86. The second kappa shape index (κ2) is 3.94. The molecule has 0 amide bonds. The van der Waals surface area contributed by atoms with Crippen molar-refractivity contribution < 1.29 is 9.90 Å². The van der Waals surface area contributed by atoms with E-state index in [0.29, 0.717) is 4.88 Å². The molecule has 1 aromatic carbocycles. The maximum absolute atomic E-state index is 10.9. The highest BCUT2D eigenvalue weighted by Gasteiger charge is 2.14. The van der Waals surface area contributed by atoms with E-state index < -0.39 is 5.97 Å². The smallest absolute Gasteiger partial charge is 0.346 e. The third kappa shape index (κ3) is 1.79. The Morgan fingerprint density at radius 2 is 2.27 bits per heavy atom. The van der Waals surface area contributed by atoms with E-state index in [2.05, 4.69) is 15.9 Å². The van der Waals surface area contributed by atoms with Crippen LogP contribution in [-0.2, 0) is 5.33 Å². The van der Waals surface area contributed by atoms with Gasteiger partial charge in [0.1, 0.15) is 4.88 Å². The second-order valence-corrected chi connectivity index (χ2v) is 4.94. The maximum atomic E-state index is 10.9. The number of carbonyl (C=O) groups is 1. The molecule has 2 aromatic rings. The van der Waals surface area contributed by atoms with Gasteiger partial charge in [0.05, 0.1) is 0 Å². The molecule has 2 nitrogen and oxygen atoms in total. The maximum Gasteiger partial charge on any atom is 0.346 e. The Kier molecular flexibility index (Phi) is 2.80. The molecular formula is C11H9BrO2S. The number of thiophene rings is 1. The number of carboxylic acid groups (broad SMARTS) is 1. The average molecular weight is 285 g/mol. The predicted molar refractivity (Wildman–Crippen MR) is 66.2 cm³/mol. The van der Waals surface area contributed by atoms with Gasteiger partial charge >= 0.3 is 5.97 Å². The van der Waals surface area contributed by atoms with Crippen LogP contribution in [0.15, 0.2) is 18.2 Å². The van der Waals surface area contributed by atoms with Crippen molar-refractivity contribution in [2.45, 2.75) is 12.3 Å². The van der Waals surface area contributed by atoms with Crippen molar-refractivity contribution in [2.75, 3.05) is 0 Å². The largest absolute Gasteiger partial charge is 0.477 e. The van der Waals surface area contributed by atoms with Crippen molar-refractivity contribution >= 4 is 43.3 Å². The SMILES string of the molecule is Cc1c(C(=O)O)sc2ccc(CBr)cc12. The first-order valence-electron chi connectivity index (χ1n) is 4.44. The van der Waals surface area contributed by atoms with Crippen molar-refractivity contribution in [1.82, 2.24) is 0 Å². The highest BCUT2D eigenvalue weighted by Crippen LogP contribution is 2.31. The Bertz CT molecular complexity index is 531. The van der Waals surface area contributed by atoms with Crippen LogP contribution in [0.5, 0.6) is 0 Å². The Morgan fingerprint density at radius 1 is 1.53 bits per heavy atom. The van der Waals surface area contributed by atoms with Gasteiger partial charge in [-0.15, -0.1) is 11.3 Å². The quantitative estimate of drug-likeness (QED) is 0.852. The normalized spacial score (nSPS) is 10.8. The summed E-state index contributed by atoms with van der Waals surface area (Å²) in [7, 11) is 0. The summed E-state index contributed by atoms with van der Waals surface area (Å²) in [6, 6.07) is 6.04. The minimum Gasteiger partial charge on any atom is -0.477 e. The van der Waals surface area contributed by atoms with Gasteiger partial charge in [-0.2, -0.15) is 0 Å². The van der Waals surface area contributed by atoms with Gasteiger partial charge in [0.25, 0.3) is 0 Å². The van der Waals surface area contributed by atoms with Gasteiger partial charge in [-0.05, 0) is 35.6 Å². The molecule has 0 saturated carbocycles. The summed E-state index contributed by atoms with van der Waals surface area (Å²) in [5, 5.41) is 10.8. The van der Waals surface area contributed by atoms with Crippen LogP contribution < -0.4 is 0 Å². The minimum absolute atomic E-state index is 0.441. The first-order chi connectivity index (χ1) is 7.13. The molecule has 0 aliphatic rings. The molecule has 0 atom stereocenters. The van der Waals surface area contributed by atoms with Crippen LogP contribution in [0.2, 0.25) is 0 Å². The van der Waals surface area contributed by atoms with Gasteiger partial charge in [-0.25, -0.2) is 4.79 Å². The molecule has 0 unspecified atom stereocenters. The van der Waals surface area contributed by atoms with E-state index in [0.717, 1.165) is 21.0 Å². The lowest BCUT2D eigenvalue weighted by Crippen LogP contribution is -1.93. The number of hydrogen-bond acceptors (Lipinski definition) is 2. The van der Waals surface area contributed by atoms with Gasteiger partial charge in [0, 0.05) is 10.0 Å².